The Hall–Kier alpha value is -2.47. The minimum atomic E-state index is 0.606. The minimum absolute atomic E-state index is 0.606. The fraction of sp³-hybridized carbons (Fsp3) is 0.0714. The van der Waals surface area contributed by atoms with Gasteiger partial charge in [-0.3, -0.25) is 9.78 Å². The van der Waals surface area contributed by atoms with Crippen molar-refractivity contribution in [2.75, 3.05) is 0 Å². The summed E-state index contributed by atoms with van der Waals surface area (Å²) >= 11 is 0. The molecule has 0 N–H and O–H groups in total. The Morgan fingerprint density at radius 2 is 2.18 bits per heavy atom. The van der Waals surface area contributed by atoms with Gasteiger partial charge < -0.3 is 0 Å². The third-order valence-electron chi connectivity index (χ3n) is 2.61. The molecule has 3 heteroatoms. The van der Waals surface area contributed by atoms with Crippen molar-refractivity contribution in [3.63, 3.8) is 0 Å². The molecular weight excluding hydrogens is 212 g/mol. The molecule has 0 aliphatic carbocycles. The van der Waals surface area contributed by atoms with Crippen LogP contribution in [0.4, 0.5) is 5.69 Å². The molecule has 17 heavy (non-hydrogen) atoms. The van der Waals surface area contributed by atoms with Crippen LogP contribution >= 0.6 is 0 Å². The lowest BCUT2D eigenvalue weighted by Gasteiger charge is -2.06. The summed E-state index contributed by atoms with van der Waals surface area (Å²) in [5.41, 5.74) is 3.84. The fourth-order valence-corrected chi connectivity index (χ4v) is 1.70. The van der Waals surface area contributed by atoms with Crippen molar-refractivity contribution in [3.8, 4) is 11.1 Å². The highest BCUT2D eigenvalue weighted by atomic mass is 16.1. The average Bonchev–Trinajstić information content (AvgIpc) is 2.38. The second-order valence-electron chi connectivity index (χ2n) is 3.69. The Balaban J connectivity index is 2.58. The van der Waals surface area contributed by atoms with Gasteiger partial charge in [0.05, 0.1) is 6.57 Å². The number of carbonyl (C=O) groups is 1. The highest BCUT2D eigenvalue weighted by molar-refractivity contribution is 5.87. The molecule has 0 bridgehead atoms. The molecule has 82 valence electrons. The van der Waals surface area contributed by atoms with Crippen LogP contribution in [0.1, 0.15) is 15.9 Å². The van der Waals surface area contributed by atoms with E-state index >= 15 is 0 Å². The van der Waals surface area contributed by atoms with Crippen molar-refractivity contribution in [1.82, 2.24) is 4.98 Å². The number of nitrogens with zero attached hydrogens (tertiary/aromatic N) is 2. The van der Waals surface area contributed by atoms with Gasteiger partial charge in [0, 0.05) is 23.5 Å². The van der Waals surface area contributed by atoms with Gasteiger partial charge >= 0.3 is 0 Å². The van der Waals surface area contributed by atoms with E-state index in [0.717, 1.165) is 23.0 Å². The SMILES string of the molecule is [C-]#[N+]c1ccc(-c2cnccc2C=O)cc1C. The normalized spacial score (nSPS) is 9.65. The topological polar surface area (TPSA) is 34.3 Å². The third-order valence-corrected chi connectivity index (χ3v) is 2.61. The average molecular weight is 222 g/mol. The monoisotopic (exact) mass is 222 g/mol. The molecule has 2 rings (SSSR count). The van der Waals surface area contributed by atoms with E-state index in [0.29, 0.717) is 11.3 Å². The first-order valence-corrected chi connectivity index (χ1v) is 5.14. The van der Waals surface area contributed by atoms with Gasteiger partial charge in [0.1, 0.15) is 0 Å². The Bertz CT molecular complexity index is 612. The first kappa shape index (κ1) is 11.0. The Labute approximate surface area is 99.6 Å². The number of aromatic nitrogens is 1. The molecule has 0 unspecified atom stereocenters. The smallest absolute Gasteiger partial charge is 0.190 e. The van der Waals surface area contributed by atoms with Crippen molar-refractivity contribution in [2.24, 2.45) is 0 Å². The zero-order valence-electron chi connectivity index (χ0n) is 9.34. The van der Waals surface area contributed by atoms with Crippen LogP contribution < -0.4 is 0 Å². The molecule has 0 spiro atoms. The van der Waals surface area contributed by atoms with E-state index in [9.17, 15) is 4.79 Å². The summed E-state index contributed by atoms with van der Waals surface area (Å²) < 4.78 is 0. The molecular formula is C14H10N2O. The van der Waals surface area contributed by atoms with E-state index in [-0.39, 0.29) is 0 Å². The van der Waals surface area contributed by atoms with Crippen molar-refractivity contribution in [1.29, 1.82) is 0 Å². The Morgan fingerprint density at radius 3 is 2.82 bits per heavy atom. The summed E-state index contributed by atoms with van der Waals surface area (Å²) in [7, 11) is 0. The largest absolute Gasteiger partial charge is 0.298 e. The molecule has 1 aromatic heterocycles. The van der Waals surface area contributed by atoms with E-state index in [4.69, 9.17) is 6.57 Å². The molecule has 3 nitrogen and oxygen atoms in total. The van der Waals surface area contributed by atoms with Gasteiger partial charge in [-0.25, -0.2) is 4.85 Å². The lowest BCUT2D eigenvalue weighted by Crippen LogP contribution is -1.89. The number of aldehydes is 1. The summed E-state index contributed by atoms with van der Waals surface area (Å²) in [5, 5.41) is 0. The number of hydrogen-bond donors (Lipinski definition) is 0. The van der Waals surface area contributed by atoms with Gasteiger partial charge in [-0.15, -0.1) is 0 Å². The Kier molecular flexibility index (Phi) is 2.97. The van der Waals surface area contributed by atoms with Crippen LogP contribution in [-0.4, -0.2) is 11.3 Å². The predicted molar refractivity (Wildman–Crippen MR) is 66.1 cm³/mol. The van der Waals surface area contributed by atoms with Crippen LogP contribution in [0.5, 0.6) is 0 Å². The first-order chi connectivity index (χ1) is 8.26. The molecule has 0 aliphatic rings. The lowest BCUT2D eigenvalue weighted by atomic mass is 10.0. The molecule has 0 aliphatic heterocycles. The van der Waals surface area contributed by atoms with Crippen molar-refractivity contribution in [2.45, 2.75) is 6.92 Å². The molecule has 1 aromatic carbocycles. The molecule has 0 fully saturated rings. The van der Waals surface area contributed by atoms with Gasteiger partial charge in [0.25, 0.3) is 0 Å². The quantitative estimate of drug-likeness (QED) is 0.576. The third kappa shape index (κ3) is 2.06. The number of hydrogen-bond acceptors (Lipinski definition) is 2. The minimum Gasteiger partial charge on any atom is -0.298 e. The second kappa shape index (κ2) is 4.58. The molecule has 0 radical (unpaired) electrons. The second-order valence-corrected chi connectivity index (χ2v) is 3.69. The standard InChI is InChI=1S/C14H10N2O/c1-10-7-11(3-4-14(10)15-2)13-8-16-6-5-12(13)9-17/h3-9H,1H3. The van der Waals surface area contributed by atoms with Gasteiger partial charge in [-0.2, -0.15) is 0 Å². The summed E-state index contributed by atoms with van der Waals surface area (Å²) in [4.78, 5) is 18.4. The van der Waals surface area contributed by atoms with E-state index in [1.165, 1.54) is 0 Å². The van der Waals surface area contributed by atoms with Crippen LogP contribution in [0, 0.1) is 13.5 Å². The number of aryl methyl sites for hydroxylation is 1. The van der Waals surface area contributed by atoms with Crippen molar-refractivity contribution < 1.29 is 4.79 Å². The van der Waals surface area contributed by atoms with E-state index < -0.39 is 0 Å². The Morgan fingerprint density at radius 1 is 1.35 bits per heavy atom. The predicted octanol–water partition coefficient (Wildman–Crippen LogP) is 3.42. The molecule has 0 saturated carbocycles. The maximum Gasteiger partial charge on any atom is 0.190 e. The van der Waals surface area contributed by atoms with Gasteiger partial charge in [0.2, 0.25) is 0 Å². The van der Waals surface area contributed by atoms with Crippen molar-refractivity contribution in [3.05, 3.63) is 59.2 Å². The summed E-state index contributed by atoms with van der Waals surface area (Å²) in [6, 6.07) is 7.18. The van der Waals surface area contributed by atoms with Gasteiger partial charge in [0.15, 0.2) is 12.0 Å². The molecule has 0 saturated heterocycles. The maximum atomic E-state index is 10.9. The molecule has 0 atom stereocenters. The molecule has 0 amide bonds. The van der Waals surface area contributed by atoms with Crippen LogP contribution in [0.3, 0.4) is 0 Å². The zero-order valence-corrected chi connectivity index (χ0v) is 9.34. The number of benzene rings is 1. The molecule has 2 aromatic rings. The lowest BCUT2D eigenvalue weighted by molar-refractivity contribution is 0.112. The van der Waals surface area contributed by atoms with E-state index in [1.807, 2.05) is 19.1 Å². The molecule has 1 heterocycles. The van der Waals surface area contributed by atoms with Crippen LogP contribution in [0.15, 0.2) is 36.7 Å². The van der Waals surface area contributed by atoms with Gasteiger partial charge in [-0.1, -0.05) is 18.2 Å². The zero-order chi connectivity index (χ0) is 12.3. The maximum absolute atomic E-state index is 10.9. The summed E-state index contributed by atoms with van der Waals surface area (Å²) in [5.74, 6) is 0. The number of pyridine rings is 1. The van der Waals surface area contributed by atoms with E-state index in [2.05, 4.69) is 9.83 Å². The number of rotatable bonds is 2. The van der Waals surface area contributed by atoms with Gasteiger partial charge in [-0.05, 0) is 24.1 Å². The van der Waals surface area contributed by atoms with Crippen LogP contribution in [-0.2, 0) is 0 Å². The highest BCUT2D eigenvalue weighted by Crippen LogP contribution is 2.27. The van der Waals surface area contributed by atoms with Crippen LogP contribution in [0.2, 0.25) is 0 Å². The van der Waals surface area contributed by atoms with E-state index in [1.54, 1.807) is 24.5 Å². The summed E-state index contributed by atoms with van der Waals surface area (Å²) in [6.45, 7) is 8.88. The van der Waals surface area contributed by atoms with Crippen LogP contribution in [0.25, 0.3) is 16.0 Å². The summed E-state index contributed by atoms with van der Waals surface area (Å²) in [6.07, 6.45) is 4.07. The fourth-order valence-electron chi connectivity index (χ4n) is 1.70. The van der Waals surface area contributed by atoms with Crippen molar-refractivity contribution >= 4 is 12.0 Å². The first-order valence-electron chi connectivity index (χ1n) is 5.14. The number of carbonyl (C=O) groups excluding carboxylic acids is 1. The highest BCUT2D eigenvalue weighted by Gasteiger charge is 2.06.